The number of nitrogens with zero attached hydrogens (tertiary/aromatic N) is 3. The standard InChI is InChI=1S/C17H18F3N3O2/c1-11-4-2-5-12(8-11)9-14(24)23-7-3-6-13(10-23)15-21-22-16(25-15)17(18,19)20/h2,4-5,8,13H,3,6-7,9-10H2,1H3. The first-order valence-corrected chi connectivity index (χ1v) is 8.07. The number of hydrogen-bond donors (Lipinski definition) is 0. The Bertz CT molecular complexity index is 758. The molecule has 0 radical (unpaired) electrons. The first-order chi connectivity index (χ1) is 11.8. The molecule has 3 rings (SSSR count). The van der Waals surface area contributed by atoms with Crippen LogP contribution in [-0.2, 0) is 17.4 Å². The molecule has 0 spiro atoms. The molecule has 1 fully saturated rings. The van der Waals surface area contributed by atoms with Gasteiger partial charge in [0.1, 0.15) is 0 Å². The van der Waals surface area contributed by atoms with E-state index in [2.05, 4.69) is 10.2 Å². The van der Waals surface area contributed by atoms with Gasteiger partial charge >= 0.3 is 12.1 Å². The number of benzene rings is 1. The second-order valence-corrected chi connectivity index (χ2v) is 6.29. The number of piperidine rings is 1. The van der Waals surface area contributed by atoms with Gasteiger partial charge in [-0.15, -0.1) is 10.2 Å². The van der Waals surface area contributed by atoms with Crippen LogP contribution >= 0.6 is 0 Å². The van der Waals surface area contributed by atoms with Crippen LogP contribution in [-0.4, -0.2) is 34.1 Å². The lowest BCUT2D eigenvalue weighted by atomic mass is 9.97. The Kier molecular flexibility index (Phi) is 4.78. The number of carbonyl (C=O) groups excluding carboxylic acids is 1. The molecule has 1 aromatic heterocycles. The molecule has 1 aliphatic heterocycles. The van der Waals surface area contributed by atoms with Gasteiger partial charge < -0.3 is 9.32 Å². The van der Waals surface area contributed by atoms with Crippen molar-refractivity contribution in [2.45, 2.75) is 38.3 Å². The molecule has 134 valence electrons. The van der Waals surface area contributed by atoms with Crippen molar-refractivity contribution < 1.29 is 22.4 Å². The van der Waals surface area contributed by atoms with Crippen molar-refractivity contribution in [2.24, 2.45) is 0 Å². The van der Waals surface area contributed by atoms with E-state index in [1.807, 2.05) is 31.2 Å². The second-order valence-electron chi connectivity index (χ2n) is 6.29. The second kappa shape index (κ2) is 6.85. The number of aromatic nitrogens is 2. The predicted octanol–water partition coefficient (Wildman–Crippen LogP) is 3.35. The number of halogens is 3. The fraction of sp³-hybridized carbons (Fsp3) is 0.471. The maximum Gasteiger partial charge on any atom is 0.470 e. The van der Waals surface area contributed by atoms with Gasteiger partial charge in [-0.3, -0.25) is 4.79 Å². The van der Waals surface area contributed by atoms with Gasteiger partial charge in [-0.1, -0.05) is 29.8 Å². The highest BCUT2D eigenvalue weighted by molar-refractivity contribution is 5.79. The first-order valence-electron chi connectivity index (χ1n) is 8.07. The van der Waals surface area contributed by atoms with E-state index in [4.69, 9.17) is 4.42 Å². The lowest BCUT2D eigenvalue weighted by Crippen LogP contribution is -2.40. The normalized spacial score (nSPS) is 18.4. The third-order valence-corrected chi connectivity index (χ3v) is 4.24. The van der Waals surface area contributed by atoms with E-state index in [0.717, 1.165) is 11.1 Å². The maximum absolute atomic E-state index is 12.6. The predicted molar refractivity (Wildman–Crippen MR) is 82.7 cm³/mol. The zero-order valence-corrected chi connectivity index (χ0v) is 13.7. The molecule has 1 saturated heterocycles. The van der Waals surface area contributed by atoms with Gasteiger partial charge in [0.15, 0.2) is 0 Å². The molecule has 1 amide bonds. The van der Waals surface area contributed by atoms with Crippen LogP contribution in [0.25, 0.3) is 0 Å². The summed E-state index contributed by atoms with van der Waals surface area (Å²) in [7, 11) is 0. The quantitative estimate of drug-likeness (QED) is 0.849. The van der Waals surface area contributed by atoms with E-state index >= 15 is 0 Å². The van der Waals surface area contributed by atoms with Crippen LogP contribution < -0.4 is 0 Å². The summed E-state index contributed by atoms with van der Waals surface area (Å²) in [6.07, 6.45) is -3.08. The minimum atomic E-state index is -4.65. The van der Waals surface area contributed by atoms with Crippen molar-refractivity contribution in [1.82, 2.24) is 15.1 Å². The molecule has 0 aliphatic carbocycles. The summed E-state index contributed by atoms with van der Waals surface area (Å²) < 4.78 is 42.5. The van der Waals surface area contributed by atoms with E-state index in [1.165, 1.54) is 0 Å². The van der Waals surface area contributed by atoms with Gasteiger partial charge in [-0.25, -0.2) is 0 Å². The summed E-state index contributed by atoms with van der Waals surface area (Å²) in [5.74, 6) is -1.81. The number of hydrogen-bond acceptors (Lipinski definition) is 4. The zero-order chi connectivity index (χ0) is 18.0. The van der Waals surface area contributed by atoms with Crippen LogP contribution in [0, 0.1) is 6.92 Å². The monoisotopic (exact) mass is 353 g/mol. The van der Waals surface area contributed by atoms with E-state index in [1.54, 1.807) is 4.90 Å². The Morgan fingerprint density at radius 3 is 2.84 bits per heavy atom. The Labute approximate surface area is 142 Å². The third kappa shape index (κ3) is 4.18. The Morgan fingerprint density at radius 2 is 2.16 bits per heavy atom. The average Bonchev–Trinajstić information content (AvgIpc) is 3.05. The van der Waals surface area contributed by atoms with Gasteiger partial charge in [0.25, 0.3) is 0 Å². The topological polar surface area (TPSA) is 59.2 Å². The molecule has 0 bridgehead atoms. The molecule has 1 aliphatic rings. The van der Waals surface area contributed by atoms with E-state index in [0.29, 0.717) is 25.9 Å². The van der Waals surface area contributed by atoms with Crippen LogP contribution in [0.3, 0.4) is 0 Å². The highest BCUT2D eigenvalue weighted by Crippen LogP contribution is 2.32. The Morgan fingerprint density at radius 1 is 1.36 bits per heavy atom. The summed E-state index contributed by atoms with van der Waals surface area (Å²) in [5, 5.41) is 6.59. The number of amides is 1. The van der Waals surface area contributed by atoms with Crippen molar-refractivity contribution in [3.05, 3.63) is 47.2 Å². The fourth-order valence-electron chi connectivity index (χ4n) is 3.03. The van der Waals surface area contributed by atoms with Crippen LogP contribution in [0.5, 0.6) is 0 Å². The molecule has 1 aromatic carbocycles. The minimum absolute atomic E-state index is 0.0501. The molecule has 2 heterocycles. The average molecular weight is 353 g/mol. The molecule has 1 unspecified atom stereocenters. The van der Waals surface area contributed by atoms with Crippen LogP contribution in [0.1, 0.15) is 41.7 Å². The fourth-order valence-corrected chi connectivity index (χ4v) is 3.03. The number of carbonyl (C=O) groups is 1. The van der Waals surface area contributed by atoms with Crippen molar-refractivity contribution in [3.8, 4) is 0 Å². The van der Waals surface area contributed by atoms with Gasteiger partial charge in [0.2, 0.25) is 11.8 Å². The molecule has 0 saturated carbocycles. The summed E-state index contributed by atoms with van der Waals surface area (Å²) in [5.41, 5.74) is 2.00. The summed E-state index contributed by atoms with van der Waals surface area (Å²) in [4.78, 5) is 14.2. The summed E-state index contributed by atoms with van der Waals surface area (Å²) in [6, 6.07) is 7.69. The van der Waals surface area contributed by atoms with Crippen molar-refractivity contribution in [2.75, 3.05) is 13.1 Å². The molecular formula is C17H18F3N3O2. The smallest absolute Gasteiger partial charge is 0.417 e. The molecule has 1 atom stereocenters. The molecule has 0 N–H and O–H groups in total. The minimum Gasteiger partial charge on any atom is -0.417 e. The third-order valence-electron chi connectivity index (χ3n) is 4.24. The SMILES string of the molecule is Cc1cccc(CC(=O)N2CCCC(c3nnc(C(F)(F)F)o3)C2)c1. The van der Waals surface area contributed by atoms with Crippen molar-refractivity contribution >= 4 is 5.91 Å². The lowest BCUT2D eigenvalue weighted by molar-refractivity contribution is -0.157. The summed E-state index contributed by atoms with van der Waals surface area (Å²) >= 11 is 0. The molecule has 2 aromatic rings. The maximum atomic E-state index is 12.6. The Hall–Kier alpha value is -2.38. The molecule has 25 heavy (non-hydrogen) atoms. The largest absolute Gasteiger partial charge is 0.470 e. The van der Waals surface area contributed by atoms with Gasteiger partial charge in [0, 0.05) is 13.1 Å². The summed E-state index contributed by atoms with van der Waals surface area (Å²) in [6.45, 7) is 2.84. The van der Waals surface area contributed by atoms with E-state index in [9.17, 15) is 18.0 Å². The van der Waals surface area contributed by atoms with Crippen LogP contribution in [0.15, 0.2) is 28.7 Å². The van der Waals surface area contributed by atoms with Gasteiger partial charge in [-0.05, 0) is 25.3 Å². The van der Waals surface area contributed by atoms with Crippen molar-refractivity contribution in [3.63, 3.8) is 0 Å². The number of rotatable bonds is 3. The highest BCUT2D eigenvalue weighted by atomic mass is 19.4. The zero-order valence-electron chi connectivity index (χ0n) is 13.7. The number of alkyl halides is 3. The molecule has 5 nitrogen and oxygen atoms in total. The number of likely N-dealkylation sites (tertiary alicyclic amines) is 1. The van der Waals surface area contributed by atoms with Gasteiger partial charge in [0.05, 0.1) is 12.3 Å². The van der Waals surface area contributed by atoms with Crippen LogP contribution in [0.4, 0.5) is 13.2 Å². The first kappa shape index (κ1) is 17.4. The highest BCUT2D eigenvalue weighted by Gasteiger charge is 2.39. The van der Waals surface area contributed by atoms with E-state index < -0.39 is 12.1 Å². The molecular weight excluding hydrogens is 335 g/mol. The number of aryl methyl sites for hydroxylation is 1. The molecule has 8 heteroatoms. The van der Waals surface area contributed by atoms with E-state index in [-0.39, 0.29) is 24.1 Å². The van der Waals surface area contributed by atoms with Crippen LogP contribution in [0.2, 0.25) is 0 Å². The van der Waals surface area contributed by atoms with Gasteiger partial charge in [-0.2, -0.15) is 13.2 Å². The van der Waals surface area contributed by atoms with Crippen molar-refractivity contribution in [1.29, 1.82) is 0 Å². The Balaban J connectivity index is 1.66. The lowest BCUT2D eigenvalue weighted by Gasteiger charge is -2.31.